The van der Waals surface area contributed by atoms with Crippen LogP contribution in [0.4, 0.5) is 0 Å². The number of hydrogen-bond acceptors (Lipinski definition) is 3. The maximum absolute atomic E-state index is 10.1. The van der Waals surface area contributed by atoms with Crippen molar-refractivity contribution in [1.82, 2.24) is 0 Å². The Kier molecular flexibility index (Phi) is 7.37. The molecule has 0 unspecified atom stereocenters. The molecule has 170 valence electrons. The summed E-state index contributed by atoms with van der Waals surface area (Å²) in [5.74, 6) is 2.11. The second-order valence-electron chi connectivity index (χ2n) is 11.3. The molecule has 3 saturated carbocycles. The summed E-state index contributed by atoms with van der Waals surface area (Å²) in [6.45, 7) is 12.8. The van der Waals surface area contributed by atoms with E-state index in [2.05, 4.69) is 32.6 Å². The van der Waals surface area contributed by atoms with Gasteiger partial charge in [-0.3, -0.25) is 0 Å². The molecule has 0 aliphatic heterocycles. The van der Waals surface area contributed by atoms with E-state index in [0.717, 1.165) is 29.9 Å². The zero-order valence-electron chi connectivity index (χ0n) is 19.7. The minimum atomic E-state index is -0.615. The molecule has 0 aromatic heterocycles. The number of aliphatic hydroxyl groups is 3. The highest BCUT2D eigenvalue weighted by Gasteiger charge is 2.50. The van der Waals surface area contributed by atoms with E-state index in [0.29, 0.717) is 30.1 Å². The van der Waals surface area contributed by atoms with Gasteiger partial charge in [0.25, 0.3) is 0 Å². The summed E-state index contributed by atoms with van der Waals surface area (Å²) in [4.78, 5) is 0. The Morgan fingerprint density at radius 3 is 2.67 bits per heavy atom. The van der Waals surface area contributed by atoms with Crippen LogP contribution in [0.15, 0.2) is 35.5 Å². The molecule has 0 amide bonds. The molecule has 3 aliphatic carbocycles. The highest BCUT2D eigenvalue weighted by atomic mass is 16.3. The summed E-state index contributed by atoms with van der Waals surface area (Å²) in [7, 11) is 0. The zero-order chi connectivity index (χ0) is 22.1. The molecule has 0 radical (unpaired) electrons. The Morgan fingerprint density at radius 1 is 1.23 bits per heavy atom. The van der Waals surface area contributed by atoms with Gasteiger partial charge in [-0.25, -0.2) is 0 Å². The van der Waals surface area contributed by atoms with Crippen molar-refractivity contribution in [2.45, 2.75) is 110 Å². The van der Waals surface area contributed by atoms with E-state index >= 15 is 0 Å². The van der Waals surface area contributed by atoms with Crippen molar-refractivity contribution in [2.24, 2.45) is 23.2 Å². The number of allylic oxidation sites excluding steroid dienone is 3. The van der Waals surface area contributed by atoms with Gasteiger partial charge >= 0.3 is 0 Å². The van der Waals surface area contributed by atoms with Gasteiger partial charge in [0.05, 0.1) is 17.8 Å². The van der Waals surface area contributed by atoms with Crippen molar-refractivity contribution in [3.8, 4) is 0 Å². The summed E-state index contributed by atoms with van der Waals surface area (Å²) in [5, 5.41) is 30.2. The zero-order valence-corrected chi connectivity index (χ0v) is 19.7. The van der Waals surface area contributed by atoms with Gasteiger partial charge in [0.2, 0.25) is 0 Å². The molecular weight excluding hydrogens is 372 g/mol. The topological polar surface area (TPSA) is 60.7 Å². The number of fused-ring (bicyclic) bond motifs is 1. The lowest BCUT2D eigenvalue weighted by molar-refractivity contribution is 0.0596. The summed E-state index contributed by atoms with van der Waals surface area (Å²) in [6, 6.07) is 0. The van der Waals surface area contributed by atoms with E-state index < -0.39 is 17.8 Å². The van der Waals surface area contributed by atoms with E-state index in [4.69, 9.17) is 0 Å². The molecule has 0 aromatic rings. The third kappa shape index (κ3) is 5.29. The first-order valence-electron chi connectivity index (χ1n) is 12.2. The van der Waals surface area contributed by atoms with E-state index in [1.54, 1.807) is 5.57 Å². The second kappa shape index (κ2) is 9.30. The largest absolute Gasteiger partial charge is 0.393 e. The predicted molar refractivity (Wildman–Crippen MR) is 124 cm³/mol. The quantitative estimate of drug-likeness (QED) is 0.520. The van der Waals surface area contributed by atoms with Crippen LogP contribution < -0.4 is 0 Å². The molecule has 30 heavy (non-hydrogen) atoms. The van der Waals surface area contributed by atoms with Crippen molar-refractivity contribution in [2.75, 3.05) is 0 Å². The van der Waals surface area contributed by atoms with Crippen LogP contribution in [0.3, 0.4) is 0 Å². The molecule has 3 heteroatoms. The Labute approximate surface area is 184 Å². The molecule has 3 N–H and O–H groups in total. The number of rotatable bonds is 6. The Hall–Kier alpha value is -0.900. The first-order chi connectivity index (χ1) is 14.0. The SMILES string of the molecule is C=C1/C(=C\C=C2/CCC[C@]3(C)[C@@H]([C@H](C)CCCC(C)(C)O)CC[C@@H]23)C[C@H](O)C[C@H]1O. The lowest BCUT2D eigenvalue weighted by Gasteiger charge is -2.44. The van der Waals surface area contributed by atoms with E-state index in [1.165, 1.54) is 38.5 Å². The van der Waals surface area contributed by atoms with Crippen LogP contribution in [0, 0.1) is 23.2 Å². The molecule has 3 fully saturated rings. The van der Waals surface area contributed by atoms with Gasteiger partial charge in [-0.1, -0.05) is 51.0 Å². The predicted octanol–water partition coefficient (Wildman–Crippen LogP) is 5.70. The molecule has 0 aromatic carbocycles. The van der Waals surface area contributed by atoms with Crippen molar-refractivity contribution >= 4 is 0 Å². The van der Waals surface area contributed by atoms with Crippen LogP contribution >= 0.6 is 0 Å². The summed E-state index contributed by atoms with van der Waals surface area (Å²) < 4.78 is 0. The summed E-state index contributed by atoms with van der Waals surface area (Å²) in [6.07, 6.45) is 13.9. The first-order valence-corrected chi connectivity index (χ1v) is 12.2. The van der Waals surface area contributed by atoms with E-state index in [9.17, 15) is 15.3 Å². The Balaban J connectivity index is 1.70. The summed E-state index contributed by atoms with van der Waals surface area (Å²) >= 11 is 0. The van der Waals surface area contributed by atoms with Crippen LogP contribution in [-0.2, 0) is 0 Å². The maximum Gasteiger partial charge on any atom is 0.0811 e. The van der Waals surface area contributed by atoms with Gasteiger partial charge in [-0.2, -0.15) is 0 Å². The third-order valence-corrected chi connectivity index (χ3v) is 8.44. The van der Waals surface area contributed by atoms with E-state index in [-0.39, 0.29) is 0 Å². The molecule has 0 heterocycles. The van der Waals surface area contributed by atoms with Crippen molar-refractivity contribution in [1.29, 1.82) is 0 Å². The fourth-order valence-electron chi connectivity index (χ4n) is 6.74. The minimum Gasteiger partial charge on any atom is -0.393 e. The molecule has 6 atom stereocenters. The standard InChI is InChI=1S/C27H44O3/c1-18(8-6-14-26(3,4)30)23-12-13-24-20(9-7-15-27(23,24)5)10-11-21-16-22(28)17-25(29)19(21)2/h10-11,18,22-25,28-30H,2,6-9,12-17H2,1,3-5H3/b20-10+,21-11-/t18-,22+,23-,24+,25-,27-/m1/s1. The van der Waals surface area contributed by atoms with E-state index in [1.807, 2.05) is 13.8 Å². The average Bonchev–Trinajstić information content (AvgIpc) is 3.00. The molecule has 3 rings (SSSR count). The third-order valence-electron chi connectivity index (χ3n) is 8.44. The molecule has 3 aliphatic rings. The van der Waals surface area contributed by atoms with Gasteiger partial charge in [-0.05, 0) is 93.1 Å². The monoisotopic (exact) mass is 416 g/mol. The smallest absolute Gasteiger partial charge is 0.0811 e. The normalized spacial score (nSPS) is 38.8. The average molecular weight is 417 g/mol. The first kappa shape index (κ1) is 23.8. The number of aliphatic hydroxyl groups excluding tert-OH is 2. The van der Waals surface area contributed by atoms with Crippen LogP contribution in [0.1, 0.15) is 91.9 Å². The second-order valence-corrected chi connectivity index (χ2v) is 11.3. The molecule has 3 nitrogen and oxygen atoms in total. The molecule has 0 saturated heterocycles. The molecule has 0 spiro atoms. The summed E-state index contributed by atoms with van der Waals surface area (Å²) in [5.41, 5.74) is 3.17. The Morgan fingerprint density at radius 2 is 1.97 bits per heavy atom. The van der Waals surface area contributed by atoms with Gasteiger partial charge in [0.1, 0.15) is 0 Å². The molecular formula is C27H44O3. The van der Waals surface area contributed by atoms with Crippen LogP contribution in [0.2, 0.25) is 0 Å². The lowest BCUT2D eigenvalue weighted by atomic mass is 9.60. The van der Waals surface area contributed by atoms with Gasteiger partial charge in [0.15, 0.2) is 0 Å². The number of hydrogen-bond donors (Lipinski definition) is 3. The van der Waals surface area contributed by atoms with Crippen molar-refractivity contribution in [3.63, 3.8) is 0 Å². The van der Waals surface area contributed by atoms with Gasteiger partial charge in [0, 0.05) is 6.42 Å². The van der Waals surface area contributed by atoms with Crippen LogP contribution in [0.5, 0.6) is 0 Å². The Bertz CT molecular complexity index is 683. The fourth-order valence-corrected chi connectivity index (χ4v) is 6.74. The fraction of sp³-hybridized carbons (Fsp3) is 0.778. The highest BCUT2D eigenvalue weighted by Crippen LogP contribution is 2.60. The van der Waals surface area contributed by atoms with Crippen LogP contribution in [-0.4, -0.2) is 33.1 Å². The van der Waals surface area contributed by atoms with Gasteiger partial charge in [-0.15, -0.1) is 0 Å². The highest BCUT2D eigenvalue weighted by molar-refractivity contribution is 5.38. The molecule has 0 bridgehead atoms. The minimum absolute atomic E-state index is 0.374. The van der Waals surface area contributed by atoms with Crippen LogP contribution in [0.25, 0.3) is 0 Å². The lowest BCUT2D eigenvalue weighted by Crippen LogP contribution is -2.36. The van der Waals surface area contributed by atoms with Crippen molar-refractivity contribution < 1.29 is 15.3 Å². The van der Waals surface area contributed by atoms with Gasteiger partial charge < -0.3 is 15.3 Å². The van der Waals surface area contributed by atoms with Crippen molar-refractivity contribution in [3.05, 3.63) is 35.5 Å². The maximum atomic E-state index is 10.1.